The number of unbranched alkanes of at least 4 members (excludes halogenated alkanes) is 2. The Hall–Kier alpha value is -1.42. The fourth-order valence-electron chi connectivity index (χ4n) is 2.51. The van der Waals surface area contributed by atoms with Gasteiger partial charge in [-0.1, -0.05) is 61.2 Å². The standard InChI is InChI=1S/C20H25Cl2NO2/c1-3-4-7-10-23-13-15-11-18(22)20(19(12-15)24-2)25-14-16-8-5-6-9-17(16)21/h5-6,8-9,11-12,23H,3-4,7,10,13-14H2,1-2H3. The molecule has 0 fully saturated rings. The second-order valence-corrected chi connectivity index (χ2v) is 6.69. The average molecular weight is 382 g/mol. The molecule has 0 spiro atoms. The van der Waals surface area contributed by atoms with E-state index in [0.29, 0.717) is 28.2 Å². The van der Waals surface area contributed by atoms with E-state index in [9.17, 15) is 0 Å². The first kappa shape index (κ1) is 19.9. The Kier molecular flexibility index (Phi) is 8.39. The lowest BCUT2D eigenvalue weighted by atomic mass is 10.2. The minimum atomic E-state index is 0.338. The highest BCUT2D eigenvalue weighted by Crippen LogP contribution is 2.37. The van der Waals surface area contributed by atoms with Crippen LogP contribution in [0.1, 0.15) is 37.3 Å². The molecule has 0 atom stereocenters. The quantitative estimate of drug-likeness (QED) is 0.522. The molecule has 0 aliphatic rings. The van der Waals surface area contributed by atoms with Crippen LogP contribution in [0.5, 0.6) is 11.5 Å². The van der Waals surface area contributed by atoms with E-state index in [1.807, 2.05) is 36.4 Å². The van der Waals surface area contributed by atoms with Gasteiger partial charge in [0.05, 0.1) is 12.1 Å². The summed E-state index contributed by atoms with van der Waals surface area (Å²) < 4.78 is 11.3. The first-order valence-corrected chi connectivity index (χ1v) is 9.34. The zero-order valence-electron chi connectivity index (χ0n) is 14.8. The van der Waals surface area contributed by atoms with Crippen LogP contribution in [0, 0.1) is 0 Å². The van der Waals surface area contributed by atoms with E-state index in [1.54, 1.807) is 7.11 Å². The summed E-state index contributed by atoms with van der Waals surface area (Å²) in [5.41, 5.74) is 1.98. The second-order valence-electron chi connectivity index (χ2n) is 5.87. The molecule has 2 rings (SSSR count). The molecular weight excluding hydrogens is 357 g/mol. The zero-order chi connectivity index (χ0) is 18.1. The Bertz CT molecular complexity index is 677. The Labute approximate surface area is 160 Å². The van der Waals surface area contributed by atoms with E-state index in [2.05, 4.69) is 12.2 Å². The molecule has 1 N–H and O–H groups in total. The van der Waals surface area contributed by atoms with Gasteiger partial charge >= 0.3 is 0 Å². The smallest absolute Gasteiger partial charge is 0.180 e. The highest BCUT2D eigenvalue weighted by Gasteiger charge is 2.13. The zero-order valence-corrected chi connectivity index (χ0v) is 16.3. The number of nitrogens with one attached hydrogen (secondary N) is 1. The van der Waals surface area contributed by atoms with Gasteiger partial charge in [0.1, 0.15) is 6.61 Å². The molecule has 3 nitrogen and oxygen atoms in total. The molecule has 0 heterocycles. The van der Waals surface area contributed by atoms with Crippen LogP contribution in [-0.4, -0.2) is 13.7 Å². The topological polar surface area (TPSA) is 30.5 Å². The monoisotopic (exact) mass is 381 g/mol. The summed E-state index contributed by atoms with van der Waals surface area (Å²) in [7, 11) is 1.62. The van der Waals surface area contributed by atoms with Crippen LogP contribution in [0.3, 0.4) is 0 Å². The lowest BCUT2D eigenvalue weighted by Crippen LogP contribution is -2.14. The molecule has 0 aliphatic carbocycles. The number of ether oxygens (including phenoxy) is 2. The molecule has 0 amide bonds. The average Bonchev–Trinajstić information content (AvgIpc) is 2.61. The molecular formula is C20H25Cl2NO2. The van der Waals surface area contributed by atoms with E-state index >= 15 is 0 Å². The van der Waals surface area contributed by atoms with Gasteiger partial charge in [-0.15, -0.1) is 0 Å². The van der Waals surface area contributed by atoms with Gasteiger partial charge in [0.15, 0.2) is 11.5 Å². The molecule has 5 heteroatoms. The van der Waals surface area contributed by atoms with Crippen LogP contribution >= 0.6 is 23.2 Å². The summed E-state index contributed by atoms with van der Waals surface area (Å²) in [5.74, 6) is 1.17. The van der Waals surface area contributed by atoms with Gasteiger partial charge in [0, 0.05) is 17.1 Å². The van der Waals surface area contributed by atoms with Crippen molar-refractivity contribution in [3.8, 4) is 11.5 Å². The van der Waals surface area contributed by atoms with Gasteiger partial charge in [-0.2, -0.15) is 0 Å². The van der Waals surface area contributed by atoms with Gasteiger partial charge in [0.25, 0.3) is 0 Å². The first-order chi connectivity index (χ1) is 12.2. The van der Waals surface area contributed by atoms with E-state index in [-0.39, 0.29) is 0 Å². The van der Waals surface area contributed by atoms with Gasteiger partial charge < -0.3 is 14.8 Å². The molecule has 2 aromatic rings. The Morgan fingerprint density at radius 2 is 1.84 bits per heavy atom. The summed E-state index contributed by atoms with van der Waals surface area (Å²) in [6, 6.07) is 11.5. The maximum Gasteiger partial charge on any atom is 0.180 e. The van der Waals surface area contributed by atoms with Crippen molar-refractivity contribution in [2.75, 3.05) is 13.7 Å². The van der Waals surface area contributed by atoms with E-state index in [0.717, 1.165) is 24.2 Å². The Balaban J connectivity index is 2.02. The normalized spacial score (nSPS) is 10.7. The molecule has 0 saturated heterocycles. The van der Waals surface area contributed by atoms with Crippen molar-refractivity contribution < 1.29 is 9.47 Å². The SMILES string of the molecule is CCCCCNCc1cc(Cl)c(OCc2ccccc2Cl)c(OC)c1. The number of hydrogen-bond donors (Lipinski definition) is 1. The van der Waals surface area contributed by atoms with E-state index in [1.165, 1.54) is 19.3 Å². The first-order valence-electron chi connectivity index (χ1n) is 8.59. The summed E-state index contributed by atoms with van der Waals surface area (Å²) in [6.07, 6.45) is 3.64. The minimum absolute atomic E-state index is 0.338. The van der Waals surface area contributed by atoms with Crippen LogP contribution in [0.4, 0.5) is 0 Å². The molecule has 0 radical (unpaired) electrons. The minimum Gasteiger partial charge on any atom is -0.493 e. The number of benzene rings is 2. The van der Waals surface area contributed by atoms with Crippen molar-refractivity contribution in [3.63, 3.8) is 0 Å². The van der Waals surface area contributed by atoms with Crippen LogP contribution in [0.25, 0.3) is 0 Å². The second kappa shape index (κ2) is 10.5. The number of hydrogen-bond acceptors (Lipinski definition) is 3. The van der Waals surface area contributed by atoms with Crippen molar-refractivity contribution in [1.82, 2.24) is 5.32 Å². The summed E-state index contributed by atoms with van der Waals surface area (Å²) in [6.45, 7) is 4.29. The number of halogens is 2. The Morgan fingerprint density at radius 1 is 1.04 bits per heavy atom. The maximum atomic E-state index is 6.42. The van der Waals surface area contributed by atoms with Crippen LogP contribution in [0.2, 0.25) is 10.0 Å². The third-order valence-corrected chi connectivity index (χ3v) is 4.55. The molecule has 0 aliphatic heterocycles. The predicted octanol–water partition coefficient (Wildman–Crippen LogP) is 5.86. The molecule has 0 bridgehead atoms. The fraction of sp³-hybridized carbons (Fsp3) is 0.400. The van der Waals surface area contributed by atoms with Gasteiger partial charge in [-0.3, -0.25) is 0 Å². The van der Waals surface area contributed by atoms with Crippen molar-refractivity contribution >= 4 is 23.2 Å². The summed E-state index contributed by atoms with van der Waals surface area (Å²) in [4.78, 5) is 0. The Morgan fingerprint density at radius 3 is 2.56 bits per heavy atom. The highest BCUT2D eigenvalue weighted by atomic mass is 35.5. The number of methoxy groups -OCH3 is 1. The largest absolute Gasteiger partial charge is 0.493 e. The summed E-state index contributed by atoms with van der Waals surface area (Å²) >= 11 is 12.6. The molecule has 25 heavy (non-hydrogen) atoms. The van der Waals surface area contributed by atoms with E-state index < -0.39 is 0 Å². The third-order valence-electron chi connectivity index (χ3n) is 3.91. The van der Waals surface area contributed by atoms with Crippen molar-refractivity contribution in [1.29, 1.82) is 0 Å². The third kappa shape index (κ3) is 6.10. The van der Waals surface area contributed by atoms with Gasteiger partial charge in [-0.25, -0.2) is 0 Å². The van der Waals surface area contributed by atoms with Gasteiger partial charge in [-0.05, 0) is 36.7 Å². The van der Waals surface area contributed by atoms with Crippen molar-refractivity contribution in [2.45, 2.75) is 39.3 Å². The van der Waals surface area contributed by atoms with Crippen LogP contribution in [-0.2, 0) is 13.2 Å². The molecule has 136 valence electrons. The maximum absolute atomic E-state index is 6.42. The molecule has 0 unspecified atom stereocenters. The van der Waals surface area contributed by atoms with Crippen LogP contribution < -0.4 is 14.8 Å². The molecule has 2 aromatic carbocycles. The van der Waals surface area contributed by atoms with Crippen molar-refractivity contribution in [2.24, 2.45) is 0 Å². The highest BCUT2D eigenvalue weighted by molar-refractivity contribution is 6.32. The van der Waals surface area contributed by atoms with Crippen molar-refractivity contribution in [3.05, 3.63) is 57.6 Å². The summed E-state index contributed by atoms with van der Waals surface area (Å²) in [5, 5.41) is 4.64. The fourth-order valence-corrected chi connectivity index (χ4v) is 2.99. The molecule has 0 saturated carbocycles. The van der Waals surface area contributed by atoms with Gasteiger partial charge in [0.2, 0.25) is 0 Å². The predicted molar refractivity (Wildman–Crippen MR) is 105 cm³/mol. The van der Waals surface area contributed by atoms with Crippen LogP contribution in [0.15, 0.2) is 36.4 Å². The molecule has 0 aromatic heterocycles. The van der Waals surface area contributed by atoms with E-state index in [4.69, 9.17) is 32.7 Å². The number of rotatable bonds is 10. The lowest BCUT2D eigenvalue weighted by molar-refractivity contribution is 0.284. The lowest BCUT2D eigenvalue weighted by Gasteiger charge is -2.15.